The van der Waals surface area contributed by atoms with Crippen molar-refractivity contribution in [3.8, 4) is 0 Å². The highest BCUT2D eigenvalue weighted by Gasteiger charge is 2.39. The van der Waals surface area contributed by atoms with E-state index in [-0.39, 0.29) is 24.6 Å². The number of urea groups is 1. The van der Waals surface area contributed by atoms with Crippen molar-refractivity contribution in [3.63, 3.8) is 0 Å². The highest BCUT2D eigenvalue weighted by molar-refractivity contribution is 5.79. The van der Waals surface area contributed by atoms with Crippen LogP contribution in [0, 0.1) is 11.8 Å². The van der Waals surface area contributed by atoms with Gasteiger partial charge in [-0.3, -0.25) is 9.59 Å². The number of carbonyl (C=O) groups excluding carboxylic acids is 2. The van der Waals surface area contributed by atoms with Crippen LogP contribution in [-0.4, -0.2) is 66.2 Å². The fourth-order valence-electron chi connectivity index (χ4n) is 2.52. The summed E-state index contributed by atoms with van der Waals surface area (Å²) in [6.07, 6.45) is 0.461. The van der Waals surface area contributed by atoms with Crippen molar-refractivity contribution in [1.82, 2.24) is 9.80 Å². The maximum atomic E-state index is 12.3. The molecule has 0 spiro atoms. The summed E-state index contributed by atoms with van der Waals surface area (Å²) in [7, 11) is 2.91. The van der Waals surface area contributed by atoms with Gasteiger partial charge >= 0.3 is 18.0 Å². The number of methoxy groups -OCH3 is 1. The van der Waals surface area contributed by atoms with E-state index in [9.17, 15) is 14.4 Å². The van der Waals surface area contributed by atoms with Crippen molar-refractivity contribution in [2.75, 3.05) is 27.2 Å². The van der Waals surface area contributed by atoms with Crippen LogP contribution in [0.15, 0.2) is 0 Å². The molecule has 0 radical (unpaired) electrons. The molecule has 2 amide bonds. The van der Waals surface area contributed by atoms with Gasteiger partial charge in [0.25, 0.3) is 0 Å². The number of carboxylic acids is 1. The van der Waals surface area contributed by atoms with E-state index in [4.69, 9.17) is 5.11 Å². The Labute approximate surface area is 118 Å². The Balaban J connectivity index is 2.62. The van der Waals surface area contributed by atoms with E-state index in [2.05, 4.69) is 4.74 Å². The Morgan fingerprint density at radius 3 is 2.50 bits per heavy atom. The number of carbonyl (C=O) groups is 3. The first-order valence-corrected chi connectivity index (χ1v) is 6.62. The van der Waals surface area contributed by atoms with Crippen LogP contribution >= 0.6 is 0 Å². The molecule has 7 nitrogen and oxygen atoms in total. The first kappa shape index (κ1) is 16.3. The number of nitrogens with zero attached hydrogens (tertiary/aromatic N) is 2. The number of esters is 1. The lowest BCUT2D eigenvalue weighted by atomic mass is 10.0. The number of ether oxygens (including phenoxy) is 1. The zero-order chi connectivity index (χ0) is 15.4. The van der Waals surface area contributed by atoms with E-state index >= 15 is 0 Å². The van der Waals surface area contributed by atoms with Gasteiger partial charge in [0.15, 0.2) is 0 Å². The highest BCUT2D eigenvalue weighted by Crippen LogP contribution is 2.25. The molecular weight excluding hydrogens is 264 g/mol. The summed E-state index contributed by atoms with van der Waals surface area (Å²) >= 11 is 0. The Bertz CT molecular complexity index is 398. The quantitative estimate of drug-likeness (QED) is 0.766. The van der Waals surface area contributed by atoms with Crippen molar-refractivity contribution in [1.29, 1.82) is 0 Å². The van der Waals surface area contributed by atoms with Crippen molar-refractivity contribution in [2.24, 2.45) is 11.8 Å². The van der Waals surface area contributed by atoms with Gasteiger partial charge in [0.2, 0.25) is 0 Å². The first-order chi connectivity index (χ1) is 9.29. The molecule has 1 rings (SSSR count). The van der Waals surface area contributed by atoms with Crippen LogP contribution in [-0.2, 0) is 14.3 Å². The topological polar surface area (TPSA) is 87.2 Å². The number of likely N-dealkylation sites (tertiary alicyclic amines) is 1. The molecule has 1 saturated heterocycles. The zero-order valence-corrected chi connectivity index (χ0v) is 12.3. The Morgan fingerprint density at radius 1 is 1.45 bits per heavy atom. The summed E-state index contributed by atoms with van der Waals surface area (Å²) in [5, 5.41) is 9.06. The summed E-state index contributed by atoms with van der Waals surface area (Å²) in [5.41, 5.74) is 0. The molecule has 1 aliphatic heterocycles. The molecule has 114 valence electrons. The molecule has 1 heterocycles. The molecule has 7 heteroatoms. The predicted octanol–water partition coefficient (Wildman–Crippen LogP) is 0.642. The molecular formula is C13H22N2O5. The third kappa shape index (κ3) is 3.40. The van der Waals surface area contributed by atoms with Crippen LogP contribution in [0.1, 0.15) is 20.3 Å². The smallest absolute Gasteiger partial charge is 0.320 e. The number of carboxylic acid groups (broad SMARTS) is 1. The van der Waals surface area contributed by atoms with E-state index in [0.29, 0.717) is 13.0 Å². The molecule has 3 unspecified atom stereocenters. The van der Waals surface area contributed by atoms with Gasteiger partial charge in [-0.05, 0) is 13.3 Å². The summed E-state index contributed by atoms with van der Waals surface area (Å²) < 4.78 is 4.62. The van der Waals surface area contributed by atoms with Crippen molar-refractivity contribution >= 4 is 18.0 Å². The fraction of sp³-hybridized carbons (Fsp3) is 0.769. The molecule has 0 aromatic heterocycles. The minimum atomic E-state index is -0.876. The van der Waals surface area contributed by atoms with Crippen LogP contribution in [0.3, 0.4) is 0 Å². The molecule has 1 N–H and O–H groups in total. The average Bonchev–Trinajstić information content (AvgIpc) is 2.78. The monoisotopic (exact) mass is 286 g/mol. The van der Waals surface area contributed by atoms with E-state index in [1.807, 2.05) is 0 Å². The van der Waals surface area contributed by atoms with E-state index in [1.54, 1.807) is 25.8 Å². The van der Waals surface area contributed by atoms with E-state index < -0.39 is 17.8 Å². The van der Waals surface area contributed by atoms with Crippen molar-refractivity contribution < 1.29 is 24.2 Å². The average molecular weight is 286 g/mol. The molecule has 0 aromatic carbocycles. The molecule has 1 aliphatic rings. The molecule has 3 atom stereocenters. The number of rotatable bonds is 4. The number of hydrogen-bond acceptors (Lipinski definition) is 4. The summed E-state index contributed by atoms with van der Waals surface area (Å²) in [4.78, 5) is 37.6. The summed E-state index contributed by atoms with van der Waals surface area (Å²) in [5.74, 6) is -2.19. The predicted molar refractivity (Wildman–Crippen MR) is 71.1 cm³/mol. The largest absolute Gasteiger partial charge is 0.481 e. The normalized spacial score (nSPS) is 23.3. The zero-order valence-electron chi connectivity index (χ0n) is 12.3. The summed E-state index contributed by atoms with van der Waals surface area (Å²) in [6, 6.07) is -0.590. The van der Waals surface area contributed by atoms with Gasteiger partial charge in [-0.15, -0.1) is 0 Å². The van der Waals surface area contributed by atoms with E-state index in [0.717, 1.165) is 0 Å². The van der Waals surface area contributed by atoms with Crippen molar-refractivity contribution in [2.45, 2.75) is 26.3 Å². The van der Waals surface area contributed by atoms with Crippen LogP contribution < -0.4 is 0 Å². The second-order valence-corrected chi connectivity index (χ2v) is 5.25. The molecule has 0 aliphatic carbocycles. The van der Waals surface area contributed by atoms with Gasteiger partial charge in [0.05, 0.1) is 18.9 Å². The van der Waals surface area contributed by atoms with Crippen LogP contribution in [0.5, 0.6) is 0 Å². The molecule has 0 saturated carbocycles. The molecule has 20 heavy (non-hydrogen) atoms. The van der Waals surface area contributed by atoms with Gasteiger partial charge in [-0.2, -0.15) is 0 Å². The second kappa shape index (κ2) is 6.58. The first-order valence-electron chi connectivity index (χ1n) is 6.62. The fourth-order valence-corrected chi connectivity index (χ4v) is 2.52. The van der Waals surface area contributed by atoms with Crippen LogP contribution in [0.4, 0.5) is 4.79 Å². The second-order valence-electron chi connectivity index (χ2n) is 5.25. The standard InChI is InChI=1S/C13H22N2O5/c1-8(12(18)20-4)7-14(3)13(19)15-6-5-10(9(15)2)11(16)17/h8-10H,5-7H2,1-4H3,(H,16,17). The molecule has 0 bridgehead atoms. The summed E-state index contributed by atoms with van der Waals surface area (Å²) in [6.45, 7) is 4.09. The Hall–Kier alpha value is -1.79. The minimum Gasteiger partial charge on any atom is -0.481 e. The number of amides is 2. The lowest BCUT2D eigenvalue weighted by Crippen LogP contribution is -2.46. The SMILES string of the molecule is COC(=O)C(C)CN(C)C(=O)N1CCC(C(=O)O)C1C. The molecule has 0 aromatic rings. The van der Waals surface area contributed by atoms with Crippen LogP contribution in [0.25, 0.3) is 0 Å². The maximum Gasteiger partial charge on any atom is 0.320 e. The maximum absolute atomic E-state index is 12.3. The number of aliphatic carboxylic acids is 1. The van der Waals surface area contributed by atoms with Gasteiger partial charge in [0, 0.05) is 26.2 Å². The Kier molecular flexibility index (Phi) is 5.35. The lowest BCUT2D eigenvalue weighted by molar-refractivity contribution is -0.145. The van der Waals surface area contributed by atoms with Crippen molar-refractivity contribution in [3.05, 3.63) is 0 Å². The van der Waals surface area contributed by atoms with Crippen LogP contribution in [0.2, 0.25) is 0 Å². The Morgan fingerprint density at radius 2 is 2.05 bits per heavy atom. The van der Waals surface area contributed by atoms with Gasteiger partial charge < -0.3 is 19.6 Å². The lowest BCUT2D eigenvalue weighted by Gasteiger charge is -2.29. The minimum absolute atomic E-state index is 0.243. The highest BCUT2D eigenvalue weighted by atomic mass is 16.5. The van der Waals surface area contributed by atoms with Gasteiger partial charge in [0.1, 0.15) is 0 Å². The number of hydrogen-bond donors (Lipinski definition) is 1. The molecule has 1 fully saturated rings. The third-order valence-electron chi connectivity index (χ3n) is 3.80. The van der Waals surface area contributed by atoms with Gasteiger partial charge in [-0.25, -0.2) is 4.79 Å². The van der Waals surface area contributed by atoms with Gasteiger partial charge in [-0.1, -0.05) is 6.92 Å². The van der Waals surface area contributed by atoms with E-state index in [1.165, 1.54) is 12.0 Å². The third-order valence-corrected chi connectivity index (χ3v) is 3.80.